The number of hydrogen-bond acceptors (Lipinski definition) is 1. The quantitative estimate of drug-likeness (QED) is 0.627. The summed E-state index contributed by atoms with van der Waals surface area (Å²) in [5, 5.41) is 9.03. The molecule has 0 spiro atoms. The van der Waals surface area contributed by atoms with E-state index in [1.165, 1.54) is 5.57 Å². The van der Waals surface area contributed by atoms with E-state index in [-0.39, 0.29) is 11.3 Å². The van der Waals surface area contributed by atoms with Crippen molar-refractivity contribution < 1.29 is 9.90 Å². The summed E-state index contributed by atoms with van der Waals surface area (Å²) in [7, 11) is 0. The fourth-order valence-corrected chi connectivity index (χ4v) is 2.18. The highest BCUT2D eigenvalue weighted by atomic mass is 16.4. The van der Waals surface area contributed by atoms with E-state index in [4.69, 9.17) is 5.11 Å². The van der Waals surface area contributed by atoms with Crippen molar-refractivity contribution in [1.29, 1.82) is 0 Å². The highest BCUT2D eigenvalue weighted by Gasteiger charge is 2.16. The van der Waals surface area contributed by atoms with Crippen LogP contribution in [0.4, 0.5) is 0 Å². The lowest BCUT2D eigenvalue weighted by molar-refractivity contribution is -0.142. The van der Waals surface area contributed by atoms with Gasteiger partial charge < -0.3 is 5.11 Å². The first-order valence-electron chi connectivity index (χ1n) is 6.65. The van der Waals surface area contributed by atoms with Gasteiger partial charge in [0, 0.05) is 0 Å². The zero-order valence-corrected chi connectivity index (χ0v) is 11.9. The van der Waals surface area contributed by atoms with Crippen LogP contribution in [0.15, 0.2) is 12.2 Å². The van der Waals surface area contributed by atoms with Gasteiger partial charge >= 0.3 is 5.97 Å². The predicted octanol–water partition coefficient (Wildman–Crippen LogP) is 4.65. The van der Waals surface area contributed by atoms with Gasteiger partial charge in [0.2, 0.25) is 0 Å². The number of carbonyl (C=O) groups is 1. The maximum atomic E-state index is 11.0. The van der Waals surface area contributed by atoms with Crippen molar-refractivity contribution in [2.75, 3.05) is 0 Å². The maximum absolute atomic E-state index is 11.0. The molecule has 0 saturated heterocycles. The van der Waals surface area contributed by atoms with Gasteiger partial charge in [0.1, 0.15) is 0 Å². The Morgan fingerprint density at radius 2 is 1.88 bits per heavy atom. The third-order valence-electron chi connectivity index (χ3n) is 2.85. The number of carboxylic acids is 1. The van der Waals surface area contributed by atoms with Crippen molar-refractivity contribution in [3.63, 3.8) is 0 Å². The molecule has 1 unspecified atom stereocenters. The monoisotopic (exact) mass is 240 g/mol. The number of carboxylic acid groups (broad SMARTS) is 1. The van der Waals surface area contributed by atoms with E-state index >= 15 is 0 Å². The topological polar surface area (TPSA) is 37.3 Å². The van der Waals surface area contributed by atoms with Crippen LogP contribution in [-0.4, -0.2) is 11.1 Å². The second kappa shape index (κ2) is 7.52. The summed E-state index contributed by atoms with van der Waals surface area (Å²) in [5.74, 6) is -0.810. The average Bonchev–Trinajstić information content (AvgIpc) is 2.13. The molecule has 0 rings (SSSR count). The van der Waals surface area contributed by atoms with E-state index in [9.17, 15) is 4.79 Å². The third-order valence-corrected chi connectivity index (χ3v) is 2.85. The second-order valence-electron chi connectivity index (χ2n) is 6.20. The van der Waals surface area contributed by atoms with E-state index < -0.39 is 5.97 Å². The Bertz CT molecular complexity index is 248. The van der Waals surface area contributed by atoms with Gasteiger partial charge in [-0.2, -0.15) is 0 Å². The largest absolute Gasteiger partial charge is 0.481 e. The van der Waals surface area contributed by atoms with Gasteiger partial charge in [0.15, 0.2) is 0 Å². The van der Waals surface area contributed by atoms with Gasteiger partial charge in [-0.1, -0.05) is 46.3 Å². The molecular formula is C15H28O2. The summed E-state index contributed by atoms with van der Waals surface area (Å²) in [6.07, 6.45) is 5.46. The smallest absolute Gasteiger partial charge is 0.306 e. The summed E-state index contributed by atoms with van der Waals surface area (Å²) in [6.45, 7) is 12.7. The van der Waals surface area contributed by atoms with Crippen molar-refractivity contribution in [1.82, 2.24) is 0 Å². The van der Waals surface area contributed by atoms with Crippen molar-refractivity contribution in [2.24, 2.45) is 11.3 Å². The summed E-state index contributed by atoms with van der Waals surface area (Å²) in [5.41, 5.74) is 1.53. The van der Waals surface area contributed by atoms with Gasteiger partial charge in [0.25, 0.3) is 0 Å². The number of allylic oxidation sites excluding steroid dienone is 1. The van der Waals surface area contributed by atoms with Crippen LogP contribution in [0, 0.1) is 11.3 Å². The zero-order valence-electron chi connectivity index (χ0n) is 11.9. The van der Waals surface area contributed by atoms with Crippen LogP contribution < -0.4 is 0 Å². The molecule has 0 bridgehead atoms. The highest BCUT2D eigenvalue weighted by Crippen LogP contribution is 2.26. The Morgan fingerprint density at radius 1 is 1.29 bits per heavy atom. The molecule has 0 heterocycles. The molecule has 17 heavy (non-hydrogen) atoms. The SMILES string of the molecule is C=C(CCCC(CCC)C(=O)O)CC(C)(C)C. The Hall–Kier alpha value is -0.790. The van der Waals surface area contributed by atoms with Crippen LogP contribution in [0.5, 0.6) is 0 Å². The molecule has 0 amide bonds. The molecular weight excluding hydrogens is 212 g/mol. The second-order valence-corrected chi connectivity index (χ2v) is 6.20. The van der Waals surface area contributed by atoms with Gasteiger partial charge in [0.05, 0.1) is 5.92 Å². The van der Waals surface area contributed by atoms with E-state index in [2.05, 4.69) is 27.4 Å². The molecule has 0 saturated carbocycles. The minimum absolute atomic E-state index is 0.164. The lowest BCUT2D eigenvalue weighted by Gasteiger charge is -2.20. The van der Waals surface area contributed by atoms with E-state index in [0.717, 1.165) is 38.5 Å². The Kier molecular flexibility index (Phi) is 7.17. The molecule has 0 aromatic rings. The van der Waals surface area contributed by atoms with Crippen LogP contribution in [0.1, 0.15) is 66.2 Å². The molecule has 2 nitrogen and oxygen atoms in total. The minimum atomic E-state index is -0.645. The van der Waals surface area contributed by atoms with Crippen molar-refractivity contribution in [2.45, 2.75) is 66.2 Å². The molecule has 0 aliphatic carbocycles. The summed E-state index contributed by atoms with van der Waals surface area (Å²) in [6, 6.07) is 0. The van der Waals surface area contributed by atoms with Crippen LogP contribution in [-0.2, 0) is 4.79 Å². The molecule has 0 fully saturated rings. The van der Waals surface area contributed by atoms with Crippen LogP contribution in [0.25, 0.3) is 0 Å². The third kappa shape index (κ3) is 8.96. The molecule has 100 valence electrons. The van der Waals surface area contributed by atoms with Gasteiger partial charge in [-0.3, -0.25) is 4.79 Å². The molecule has 1 N–H and O–H groups in total. The summed E-state index contributed by atoms with van der Waals surface area (Å²) < 4.78 is 0. The molecule has 0 aromatic heterocycles. The van der Waals surface area contributed by atoms with Crippen molar-refractivity contribution >= 4 is 5.97 Å². The first-order valence-corrected chi connectivity index (χ1v) is 6.65. The van der Waals surface area contributed by atoms with Crippen LogP contribution in [0.2, 0.25) is 0 Å². The van der Waals surface area contributed by atoms with Gasteiger partial charge in [-0.25, -0.2) is 0 Å². The molecule has 0 aliphatic rings. The van der Waals surface area contributed by atoms with Gasteiger partial charge in [-0.05, 0) is 37.5 Å². The molecule has 0 radical (unpaired) electrons. The van der Waals surface area contributed by atoms with E-state index in [0.29, 0.717) is 0 Å². The Labute approximate surface area is 106 Å². The van der Waals surface area contributed by atoms with Crippen molar-refractivity contribution in [3.8, 4) is 0 Å². The first kappa shape index (κ1) is 16.2. The molecule has 0 aromatic carbocycles. The normalized spacial score (nSPS) is 13.4. The highest BCUT2D eigenvalue weighted by molar-refractivity contribution is 5.69. The lowest BCUT2D eigenvalue weighted by Crippen LogP contribution is -2.13. The van der Waals surface area contributed by atoms with Crippen LogP contribution >= 0.6 is 0 Å². The average molecular weight is 240 g/mol. The fraction of sp³-hybridized carbons (Fsp3) is 0.800. The molecule has 2 heteroatoms. The number of aliphatic carboxylic acids is 1. The predicted molar refractivity (Wildman–Crippen MR) is 73.1 cm³/mol. The fourth-order valence-electron chi connectivity index (χ4n) is 2.18. The summed E-state index contributed by atoms with van der Waals surface area (Å²) in [4.78, 5) is 11.0. The zero-order chi connectivity index (χ0) is 13.5. The Morgan fingerprint density at radius 3 is 2.29 bits per heavy atom. The maximum Gasteiger partial charge on any atom is 0.306 e. The van der Waals surface area contributed by atoms with Crippen molar-refractivity contribution in [3.05, 3.63) is 12.2 Å². The standard InChI is InChI=1S/C15H28O2/c1-6-8-13(14(16)17)10-7-9-12(2)11-15(3,4)5/h13H,2,6-11H2,1,3-5H3,(H,16,17). The lowest BCUT2D eigenvalue weighted by atomic mass is 9.86. The molecule has 1 atom stereocenters. The van der Waals surface area contributed by atoms with E-state index in [1.54, 1.807) is 0 Å². The van der Waals surface area contributed by atoms with Crippen LogP contribution in [0.3, 0.4) is 0 Å². The van der Waals surface area contributed by atoms with E-state index in [1.807, 2.05) is 6.92 Å². The van der Waals surface area contributed by atoms with Gasteiger partial charge in [-0.15, -0.1) is 0 Å². The summed E-state index contributed by atoms with van der Waals surface area (Å²) >= 11 is 0. The minimum Gasteiger partial charge on any atom is -0.481 e. The first-order chi connectivity index (χ1) is 7.76. The number of rotatable bonds is 8. The number of hydrogen-bond donors (Lipinski definition) is 1. The Balaban J connectivity index is 3.88. The molecule has 0 aliphatic heterocycles.